The third-order valence-corrected chi connectivity index (χ3v) is 4.81. The van der Waals surface area contributed by atoms with Crippen LogP contribution in [0.2, 0.25) is 0 Å². The van der Waals surface area contributed by atoms with E-state index < -0.39 is 0 Å². The van der Waals surface area contributed by atoms with Gasteiger partial charge in [-0.3, -0.25) is 4.90 Å². The van der Waals surface area contributed by atoms with Crippen molar-refractivity contribution in [2.45, 2.75) is 13.0 Å². The number of aromatic hydroxyl groups is 1. The number of phenols is 1. The molecule has 0 aliphatic carbocycles. The Morgan fingerprint density at radius 2 is 1.96 bits per heavy atom. The van der Waals surface area contributed by atoms with Crippen LogP contribution in [0.3, 0.4) is 0 Å². The number of rotatable bonds is 4. The molecule has 0 amide bonds. The zero-order valence-electron chi connectivity index (χ0n) is 15.0. The first-order valence-corrected chi connectivity index (χ1v) is 9.10. The van der Waals surface area contributed by atoms with Gasteiger partial charge in [-0.05, 0) is 47.9 Å². The van der Waals surface area contributed by atoms with Gasteiger partial charge in [0.2, 0.25) is 0 Å². The number of hydrogen-bond acceptors (Lipinski definition) is 3. The molecule has 136 valence electrons. The molecule has 1 aliphatic rings. The highest BCUT2D eigenvalue weighted by Gasteiger charge is 2.11. The normalized spacial score (nSPS) is 15.4. The summed E-state index contributed by atoms with van der Waals surface area (Å²) in [6.45, 7) is 2.55. The van der Waals surface area contributed by atoms with E-state index in [0.29, 0.717) is 5.52 Å². The first-order valence-electron chi connectivity index (χ1n) is 9.10. The zero-order chi connectivity index (χ0) is 18.6. The SMILES string of the molecule is Oc1cccc2ccc(/C=C/C3=CCN(Cc4cccc(F)c4)CC3)nc12. The highest BCUT2D eigenvalue weighted by Crippen LogP contribution is 2.23. The monoisotopic (exact) mass is 360 g/mol. The topological polar surface area (TPSA) is 36.4 Å². The maximum atomic E-state index is 13.3. The van der Waals surface area contributed by atoms with Crippen molar-refractivity contribution in [1.82, 2.24) is 9.88 Å². The molecule has 4 rings (SSSR count). The van der Waals surface area contributed by atoms with Gasteiger partial charge in [0.05, 0.1) is 5.69 Å². The molecular weight excluding hydrogens is 339 g/mol. The minimum atomic E-state index is -0.183. The number of allylic oxidation sites excluding steroid dienone is 1. The largest absolute Gasteiger partial charge is 0.506 e. The maximum absolute atomic E-state index is 13.3. The lowest BCUT2D eigenvalue weighted by atomic mass is 10.1. The Kier molecular flexibility index (Phi) is 4.99. The molecule has 0 saturated carbocycles. The molecule has 1 aromatic heterocycles. The minimum Gasteiger partial charge on any atom is -0.506 e. The highest BCUT2D eigenvalue weighted by molar-refractivity contribution is 5.85. The van der Waals surface area contributed by atoms with Crippen LogP contribution in [0.5, 0.6) is 5.75 Å². The smallest absolute Gasteiger partial charge is 0.141 e. The number of halogens is 1. The van der Waals surface area contributed by atoms with Crippen LogP contribution in [0.25, 0.3) is 17.0 Å². The van der Waals surface area contributed by atoms with Crippen molar-refractivity contribution < 1.29 is 9.50 Å². The van der Waals surface area contributed by atoms with Gasteiger partial charge in [-0.15, -0.1) is 0 Å². The highest BCUT2D eigenvalue weighted by atomic mass is 19.1. The molecule has 2 heterocycles. The van der Waals surface area contributed by atoms with Crippen LogP contribution in [-0.2, 0) is 6.54 Å². The number of phenolic OH excluding ortho intramolecular Hbond substituents is 1. The quantitative estimate of drug-likeness (QED) is 0.717. The molecule has 0 fully saturated rings. The summed E-state index contributed by atoms with van der Waals surface area (Å²) in [4.78, 5) is 6.83. The fraction of sp³-hybridized carbons (Fsp3) is 0.174. The van der Waals surface area contributed by atoms with Crippen molar-refractivity contribution >= 4 is 17.0 Å². The van der Waals surface area contributed by atoms with Crippen LogP contribution in [0, 0.1) is 5.82 Å². The van der Waals surface area contributed by atoms with E-state index >= 15 is 0 Å². The van der Waals surface area contributed by atoms with E-state index in [1.807, 2.05) is 36.4 Å². The van der Waals surface area contributed by atoms with E-state index in [1.54, 1.807) is 18.2 Å². The fourth-order valence-electron chi connectivity index (χ4n) is 3.35. The molecule has 0 atom stereocenters. The Morgan fingerprint density at radius 3 is 2.78 bits per heavy atom. The predicted molar refractivity (Wildman–Crippen MR) is 107 cm³/mol. The first-order chi connectivity index (χ1) is 13.2. The van der Waals surface area contributed by atoms with Gasteiger partial charge >= 0.3 is 0 Å². The lowest BCUT2D eigenvalue weighted by molar-refractivity contribution is 0.287. The number of fused-ring (bicyclic) bond motifs is 1. The van der Waals surface area contributed by atoms with E-state index in [1.165, 1.54) is 11.6 Å². The van der Waals surface area contributed by atoms with Gasteiger partial charge in [0.1, 0.15) is 17.1 Å². The Hall–Kier alpha value is -2.98. The molecule has 1 aliphatic heterocycles. The van der Waals surface area contributed by atoms with Crippen LogP contribution < -0.4 is 0 Å². The lowest BCUT2D eigenvalue weighted by Crippen LogP contribution is -2.28. The third kappa shape index (κ3) is 4.23. The predicted octanol–water partition coefficient (Wildman–Crippen LogP) is 4.93. The van der Waals surface area contributed by atoms with Crippen LogP contribution in [0.15, 0.2) is 72.3 Å². The molecule has 0 radical (unpaired) electrons. The van der Waals surface area contributed by atoms with Gasteiger partial charge in [0.25, 0.3) is 0 Å². The number of benzene rings is 2. The lowest BCUT2D eigenvalue weighted by Gasteiger charge is -2.25. The Balaban J connectivity index is 1.42. The van der Waals surface area contributed by atoms with Crippen molar-refractivity contribution in [3.05, 3.63) is 89.4 Å². The van der Waals surface area contributed by atoms with E-state index in [9.17, 15) is 9.50 Å². The number of hydrogen-bond donors (Lipinski definition) is 1. The summed E-state index contributed by atoms with van der Waals surface area (Å²) in [6, 6.07) is 16.1. The van der Waals surface area contributed by atoms with Gasteiger partial charge < -0.3 is 5.11 Å². The molecule has 27 heavy (non-hydrogen) atoms. The molecule has 4 heteroatoms. The Bertz CT molecular complexity index is 1030. The summed E-state index contributed by atoms with van der Waals surface area (Å²) in [7, 11) is 0. The van der Waals surface area contributed by atoms with E-state index in [2.05, 4.69) is 22.0 Å². The van der Waals surface area contributed by atoms with Crippen molar-refractivity contribution in [3.8, 4) is 5.75 Å². The van der Waals surface area contributed by atoms with Crippen LogP contribution in [-0.4, -0.2) is 28.1 Å². The Morgan fingerprint density at radius 1 is 1.07 bits per heavy atom. The molecule has 3 aromatic rings. The zero-order valence-corrected chi connectivity index (χ0v) is 15.0. The van der Waals surface area contributed by atoms with Crippen LogP contribution in [0.1, 0.15) is 17.7 Å². The maximum Gasteiger partial charge on any atom is 0.141 e. The van der Waals surface area contributed by atoms with Crippen molar-refractivity contribution in [3.63, 3.8) is 0 Å². The second-order valence-corrected chi connectivity index (χ2v) is 6.81. The van der Waals surface area contributed by atoms with Crippen molar-refractivity contribution in [2.75, 3.05) is 13.1 Å². The van der Waals surface area contributed by atoms with E-state index in [-0.39, 0.29) is 11.6 Å². The van der Waals surface area contributed by atoms with E-state index in [4.69, 9.17) is 0 Å². The standard InChI is InChI=1S/C23H21FN2O/c24-20-5-1-3-18(15-20)16-26-13-11-17(12-14-26)7-9-21-10-8-19-4-2-6-22(27)23(19)25-21/h1-11,15,27H,12-14,16H2/b9-7+. The third-order valence-electron chi connectivity index (χ3n) is 4.81. The molecule has 1 N–H and O–H groups in total. The molecule has 0 bridgehead atoms. The molecule has 3 nitrogen and oxygen atoms in total. The molecule has 0 saturated heterocycles. The second kappa shape index (κ2) is 7.72. The fourth-order valence-corrected chi connectivity index (χ4v) is 3.35. The number of para-hydroxylation sites is 1. The van der Waals surface area contributed by atoms with E-state index in [0.717, 1.165) is 42.7 Å². The van der Waals surface area contributed by atoms with Gasteiger partial charge in [-0.2, -0.15) is 0 Å². The number of pyridine rings is 1. The van der Waals surface area contributed by atoms with Crippen molar-refractivity contribution in [1.29, 1.82) is 0 Å². The van der Waals surface area contributed by atoms with Crippen LogP contribution in [0.4, 0.5) is 4.39 Å². The minimum absolute atomic E-state index is 0.183. The van der Waals surface area contributed by atoms with Gasteiger partial charge in [0.15, 0.2) is 0 Å². The second-order valence-electron chi connectivity index (χ2n) is 6.81. The first kappa shape index (κ1) is 17.4. The summed E-state index contributed by atoms with van der Waals surface area (Å²) >= 11 is 0. The van der Waals surface area contributed by atoms with Gasteiger partial charge in [-0.1, -0.05) is 42.5 Å². The summed E-state index contributed by atoms with van der Waals surface area (Å²) in [5.74, 6) is 0.0187. The summed E-state index contributed by atoms with van der Waals surface area (Å²) in [5, 5.41) is 10.9. The van der Waals surface area contributed by atoms with Gasteiger partial charge in [-0.25, -0.2) is 9.37 Å². The molecule has 0 unspecified atom stereocenters. The Labute approximate surface area is 158 Å². The van der Waals surface area contributed by atoms with Crippen molar-refractivity contribution in [2.24, 2.45) is 0 Å². The molecule has 0 spiro atoms. The molecular formula is C23H21FN2O. The number of nitrogens with zero attached hydrogens (tertiary/aromatic N) is 2. The summed E-state index contributed by atoms with van der Waals surface area (Å²) in [5.41, 5.74) is 3.72. The van der Waals surface area contributed by atoms with Gasteiger partial charge in [0, 0.05) is 25.0 Å². The average molecular weight is 360 g/mol. The van der Waals surface area contributed by atoms with Crippen LogP contribution >= 0.6 is 0 Å². The average Bonchev–Trinajstić information content (AvgIpc) is 2.68. The number of aromatic nitrogens is 1. The summed E-state index contributed by atoms with van der Waals surface area (Å²) < 4.78 is 13.3. The molecule has 2 aromatic carbocycles. The summed E-state index contributed by atoms with van der Waals surface area (Å²) in [6.07, 6.45) is 7.23.